The molecule has 0 aliphatic rings. The molecule has 0 spiro atoms. The summed E-state index contributed by atoms with van der Waals surface area (Å²) in [5.41, 5.74) is 6.62. The van der Waals surface area contributed by atoms with Gasteiger partial charge in [0.15, 0.2) is 0 Å². The van der Waals surface area contributed by atoms with Gasteiger partial charge in [0.05, 0.1) is 6.04 Å². The SMILES string of the molecule is Cc1cc(C(Cc2sccc2Br)NN)cc(C)c1Br. The van der Waals surface area contributed by atoms with E-state index in [4.69, 9.17) is 5.84 Å². The molecular formula is C14H16Br2N2S. The molecule has 1 aromatic carbocycles. The Balaban J connectivity index is 2.30. The van der Waals surface area contributed by atoms with Gasteiger partial charge in [-0.15, -0.1) is 11.3 Å². The summed E-state index contributed by atoms with van der Waals surface area (Å²) >= 11 is 8.92. The molecule has 1 unspecified atom stereocenters. The molecule has 5 heteroatoms. The largest absolute Gasteiger partial charge is 0.271 e. The predicted molar refractivity (Wildman–Crippen MR) is 89.4 cm³/mol. The number of halogens is 2. The fourth-order valence-corrected chi connectivity index (χ4v) is 3.90. The number of aryl methyl sites for hydroxylation is 2. The first kappa shape index (κ1) is 15.2. The molecule has 2 rings (SSSR count). The Kier molecular flexibility index (Phi) is 5.20. The summed E-state index contributed by atoms with van der Waals surface area (Å²) in [6.45, 7) is 4.21. The van der Waals surface area contributed by atoms with E-state index in [9.17, 15) is 0 Å². The third-order valence-electron chi connectivity index (χ3n) is 3.14. The molecule has 0 fully saturated rings. The van der Waals surface area contributed by atoms with Gasteiger partial charge in [0.2, 0.25) is 0 Å². The zero-order valence-electron chi connectivity index (χ0n) is 10.8. The molecule has 0 radical (unpaired) electrons. The van der Waals surface area contributed by atoms with Crippen molar-refractivity contribution in [3.8, 4) is 0 Å². The lowest BCUT2D eigenvalue weighted by molar-refractivity contribution is 0.554. The van der Waals surface area contributed by atoms with Crippen LogP contribution in [0.15, 0.2) is 32.5 Å². The predicted octanol–water partition coefficient (Wildman–Crippen LogP) is 4.64. The summed E-state index contributed by atoms with van der Waals surface area (Å²) < 4.78 is 2.33. The smallest absolute Gasteiger partial charge is 0.0508 e. The van der Waals surface area contributed by atoms with E-state index in [1.54, 1.807) is 11.3 Å². The van der Waals surface area contributed by atoms with Crippen LogP contribution in [0.3, 0.4) is 0 Å². The first-order chi connectivity index (χ1) is 9.02. The van der Waals surface area contributed by atoms with Crippen LogP contribution < -0.4 is 11.3 Å². The van der Waals surface area contributed by atoms with E-state index in [1.165, 1.54) is 26.0 Å². The van der Waals surface area contributed by atoms with Crippen molar-refractivity contribution in [2.75, 3.05) is 0 Å². The standard InChI is InChI=1S/C14H16Br2N2S/c1-8-5-10(6-9(2)14(8)16)12(18-17)7-13-11(15)3-4-19-13/h3-6,12,18H,7,17H2,1-2H3. The highest BCUT2D eigenvalue weighted by Gasteiger charge is 2.15. The highest BCUT2D eigenvalue weighted by Crippen LogP contribution is 2.30. The average Bonchev–Trinajstić information content (AvgIpc) is 2.78. The Hall–Kier alpha value is -0.200. The summed E-state index contributed by atoms with van der Waals surface area (Å²) in [5, 5.41) is 2.09. The van der Waals surface area contributed by atoms with Crippen LogP contribution in [0.5, 0.6) is 0 Å². The molecule has 19 heavy (non-hydrogen) atoms. The lowest BCUT2D eigenvalue weighted by Gasteiger charge is -2.18. The van der Waals surface area contributed by atoms with Crippen molar-refractivity contribution in [2.45, 2.75) is 26.3 Å². The van der Waals surface area contributed by atoms with Crippen molar-refractivity contribution >= 4 is 43.2 Å². The molecule has 0 amide bonds. The second kappa shape index (κ2) is 6.50. The van der Waals surface area contributed by atoms with E-state index in [0.29, 0.717) is 0 Å². The van der Waals surface area contributed by atoms with Gasteiger partial charge in [0.25, 0.3) is 0 Å². The molecule has 3 N–H and O–H groups in total. The third kappa shape index (κ3) is 3.47. The van der Waals surface area contributed by atoms with Crippen LogP contribution in [0.1, 0.15) is 27.6 Å². The molecule has 0 saturated carbocycles. The summed E-state index contributed by atoms with van der Waals surface area (Å²) in [4.78, 5) is 1.31. The monoisotopic (exact) mass is 402 g/mol. The van der Waals surface area contributed by atoms with Crippen LogP contribution in [0, 0.1) is 13.8 Å². The van der Waals surface area contributed by atoms with Gasteiger partial charge in [-0.3, -0.25) is 11.3 Å². The zero-order valence-corrected chi connectivity index (χ0v) is 14.8. The number of hydrogen-bond donors (Lipinski definition) is 2. The van der Waals surface area contributed by atoms with Gasteiger partial charge in [0, 0.05) is 20.2 Å². The van der Waals surface area contributed by atoms with Gasteiger partial charge in [0.1, 0.15) is 0 Å². The first-order valence-electron chi connectivity index (χ1n) is 5.97. The van der Waals surface area contributed by atoms with Crippen molar-refractivity contribution in [2.24, 2.45) is 5.84 Å². The first-order valence-corrected chi connectivity index (χ1v) is 8.44. The minimum absolute atomic E-state index is 0.125. The average molecular weight is 404 g/mol. The Labute approximate surface area is 134 Å². The van der Waals surface area contributed by atoms with Gasteiger partial charge in [-0.1, -0.05) is 28.1 Å². The lowest BCUT2D eigenvalue weighted by Crippen LogP contribution is -2.29. The Morgan fingerprint density at radius 3 is 2.37 bits per heavy atom. The van der Waals surface area contributed by atoms with Gasteiger partial charge in [-0.25, -0.2) is 0 Å². The van der Waals surface area contributed by atoms with Crippen LogP contribution >= 0.6 is 43.2 Å². The Bertz CT molecular complexity index is 558. The van der Waals surface area contributed by atoms with Crippen LogP contribution in [0.2, 0.25) is 0 Å². The fourth-order valence-electron chi connectivity index (χ4n) is 2.11. The second-order valence-electron chi connectivity index (χ2n) is 4.58. The van der Waals surface area contributed by atoms with Crippen molar-refractivity contribution in [1.82, 2.24) is 5.43 Å². The molecule has 0 aliphatic carbocycles. The number of thiophene rings is 1. The van der Waals surface area contributed by atoms with Crippen molar-refractivity contribution in [3.63, 3.8) is 0 Å². The molecule has 0 aliphatic heterocycles. The summed E-state index contributed by atoms with van der Waals surface area (Å²) in [7, 11) is 0. The fraction of sp³-hybridized carbons (Fsp3) is 0.286. The van der Waals surface area contributed by atoms with Crippen LogP contribution in [0.4, 0.5) is 0 Å². The van der Waals surface area contributed by atoms with Crippen molar-refractivity contribution in [1.29, 1.82) is 0 Å². The molecule has 2 aromatic rings. The van der Waals surface area contributed by atoms with Crippen molar-refractivity contribution in [3.05, 3.63) is 54.1 Å². The molecule has 1 atom stereocenters. The number of nitrogens with two attached hydrogens (primary N) is 1. The number of hydrogen-bond acceptors (Lipinski definition) is 3. The maximum absolute atomic E-state index is 5.74. The van der Waals surface area contributed by atoms with E-state index in [-0.39, 0.29) is 6.04 Å². The van der Waals surface area contributed by atoms with Crippen molar-refractivity contribution < 1.29 is 0 Å². The van der Waals surface area contributed by atoms with E-state index in [1.807, 2.05) is 0 Å². The van der Waals surface area contributed by atoms with Gasteiger partial charge in [-0.05, 0) is 57.9 Å². The normalized spacial score (nSPS) is 12.7. The van der Waals surface area contributed by atoms with Crippen LogP contribution in [-0.4, -0.2) is 0 Å². The minimum Gasteiger partial charge on any atom is -0.271 e. The Morgan fingerprint density at radius 2 is 1.89 bits per heavy atom. The summed E-state index contributed by atoms with van der Waals surface area (Å²) in [6.07, 6.45) is 0.884. The topological polar surface area (TPSA) is 38.0 Å². The highest BCUT2D eigenvalue weighted by molar-refractivity contribution is 9.10. The molecular weight excluding hydrogens is 388 g/mol. The molecule has 0 bridgehead atoms. The second-order valence-corrected chi connectivity index (χ2v) is 7.23. The summed E-state index contributed by atoms with van der Waals surface area (Å²) in [6, 6.07) is 6.57. The molecule has 1 heterocycles. The number of hydrazine groups is 1. The van der Waals surface area contributed by atoms with E-state index in [0.717, 1.165) is 10.9 Å². The quantitative estimate of drug-likeness (QED) is 0.576. The van der Waals surface area contributed by atoms with Crippen LogP contribution in [0.25, 0.3) is 0 Å². The van der Waals surface area contributed by atoms with E-state index in [2.05, 4.69) is 74.7 Å². The minimum atomic E-state index is 0.125. The van der Waals surface area contributed by atoms with Gasteiger partial charge < -0.3 is 0 Å². The zero-order chi connectivity index (χ0) is 14.0. The maximum Gasteiger partial charge on any atom is 0.0508 e. The number of rotatable bonds is 4. The van der Waals surface area contributed by atoms with Gasteiger partial charge in [-0.2, -0.15) is 0 Å². The van der Waals surface area contributed by atoms with E-state index >= 15 is 0 Å². The third-order valence-corrected chi connectivity index (χ3v) is 6.34. The highest BCUT2D eigenvalue weighted by atomic mass is 79.9. The van der Waals surface area contributed by atoms with E-state index < -0.39 is 0 Å². The molecule has 2 nitrogen and oxygen atoms in total. The van der Waals surface area contributed by atoms with Crippen LogP contribution in [-0.2, 0) is 6.42 Å². The Morgan fingerprint density at radius 1 is 1.26 bits per heavy atom. The number of benzene rings is 1. The number of nitrogens with one attached hydrogen (secondary N) is 1. The molecule has 0 saturated heterocycles. The molecule has 102 valence electrons. The summed E-state index contributed by atoms with van der Waals surface area (Å²) in [5.74, 6) is 5.74. The maximum atomic E-state index is 5.74. The lowest BCUT2D eigenvalue weighted by atomic mass is 9.99. The van der Waals surface area contributed by atoms with Gasteiger partial charge >= 0.3 is 0 Å². The molecule has 1 aromatic heterocycles.